The van der Waals surface area contributed by atoms with Gasteiger partial charge < -0.3 is 30.9 Å². The number of fused-ring (bicyclic) bond motifs is 1. The summed E-state index contributed by atoms with van der Waals surface area (Å²) in [6.07, 6.45) is 3.09. The number of unbranched alkanes of at least 4 members (excludes halogenated alkanes) is 1. The van der Waals surface area contributed by atoms with Crippen molar-refractivity contribution in [2.24, 2.45) is 22.7 Å². The molecule has 1 aliphatic heterocycles. The van der Waals surface area contributed by atoms with Gasteiger partial charge in [-0.3, -0.25) is 19.2 Å². The molecule has 0 spiro atoms. The summed E-state index contributed by atoms with van der Waals surface area (Å²) in [6, 6.07) is -4.94. The fraction of sp³-hybridized carbons (Fsp3) is 0.706. The molecule has 1 saturated carbocycles. The van der Waals surface area contributed by atoms with Crippen LogP contribution in [0, 0.1) is 22.7 Å². The average molecular weight is 646 g/mol. The quantitative estimate of drug-likeness (QED) is 0.128. The lowest BCUT2D eigenvalue weighted by Gasteiger charge is -2.38. The zero-order chi connectivity index (χ0) is 35.4. The Labute approximate surface area is 273 Å². The molecule has 12 nitrogen and oxygen atoms in total. The first-order valence-electron chi connectivity index (χ1n) is 16.1. The molecule has 1 heterocycles. The maximum atomic E-state index is 14.2. The molecule has 2 rings (SSSR count). The number of amides is 5. The molecular weight excluding hydrogens is 590 g/mol. The highest BCUT2D eigenvalue weighted by atomic mass is 16.6. The van der Waals surface area contributed by atoms with Crippen molar-refractivity contribution in [1.82, 2.24) is 26.2 Å². The number of carbonyl (C=O) groups excluding carboxylic acids is 6. The summed E-state index contributed by atoms with van der Waals surface area (Å²) in [5, 5.41) is 10.6. The molecule has 4 N–H and O–H groups in total. The van der Waals surface area contributed by atoms with Gasteiger partial charge in [-0.25, -0.2) is 9.59 Å². The molecule has 258 valence electrons. The van der Waals surface area contributed by atoms with Crippen molar-refractivity contribution < 1.29 is 33.5 Å². The highest BCUT2D eigenvalue weighted by molar-refractivity contribution is 6.38. The van der Waals surface area contributed by atoms with E-state index >= 15 is 0 Å². The Morgan fingerprint density at radius 3 is 2.13 bits per heavy atom. The van der Waals surface area contributed by atoms with Crippen LogP contribution < -0.4 is 21.3 Å². The maximum absolute atomic E-state index is 14.2. The van der Waals surface area contributed by atoms with Gasteiger partial charge in [-0.2, -0.15) is 0 Å². The number of hydrogen-bond donors (Lipinski definition) is 4. The molecule has 5 amide bonds. The minimum absolute atomic E-state index is 0.0438. The average Bonchev–Trinajstić information content (AvgIpc) is 3.25. The molecule has 1 saturated heterocycles. The van der Waals surface area contributed by atoms with Crippen LogP contribution in [-0.2, 0) is 28.7 Å². The highest BCUT2D eigenvalue weighted by Gasteiger charge is 2.70. The third-order valence-corrected chi connectivity index (χ3v) is 8.67. The largest absolute Gasteiger partial charge is 0.458 e. The van der Waals surface area contributed by atoms with Gasteiger partial charge in [-0.15, -0.1) is 6.58 Å². The number of Topliss-reactive ketones (excluding diaryl/α,β-unsaturated/α-hetero) is 1. The second-order valence-corrected chi connectivity index (χ2v) is 15.2. The van der Waals surface area contributed by atoms with E-state index in [1.807, 2.05) is 20.8 Å². The SMILES string of the molecule is C=CCNC(=O)C(=O)C(CCCC)NC(=O)[C@@H]1[C@@H]2[C@H](CN1C(=O)[C@@H](NC(=O)N[C@@H](C(=C)C)C(=O)OC(C)(C)C)C(C)(C)C)C2(C)C. The van der Waals surface area contributed by atoms with E-state index in [0.717, 1.165) is 6.42 Å². The number of nitrogens with zero attached hydrogens (tertiary/aromatic N) is 1. The summed E-state index contributed by atoms with van der Waals surface area (Å²) in [5.41, 5.74) is -1.44. The van der Waals surface area contributed by atoms with Gasteiger partial charge >= 0.3 is 12.0 Å². The van der Waals surface area contributed by atoms with Gasteiger partial charge in [0, 0.05) is 13.1 Å². The van der Waals surface area contributed by atoms with E-state index in [-0.39, 0.29) is 30.2 Å². The smallest absolute Gasteiger partial charge is 0.333 e. The third-order valence-electron chi connectivity index (χ3n) is 8.67. The topological polar surface area (TPSA) is 163 Å². The number of ether oxygens (including phenoxy) is 1. The van der Waals surface area contributed by atoms with Crippen LogP contribution in [0.2, 0.25) is 0 Å². The van der Waals surface area contributed by atoms with Crippen molar-refractivity contribution in [3.05, 3.63) is 24.8 Å². The molecule has 1 unspecified atom stereocenters. The molecule has 1 aliphatic carbocycles. The molecular formula is C34H55N5O7. The van der Waals surface area contributed by atoms with Crippen LogP contribution in [0.1, 0.15) is 88.5 Å². The van der Waals surface area contributed by atoms with E-state index < -0.39 is 70.7 Å². The summed E-state index contributed by atoms with van der Waals surface area (Å²) in [7, 11) is 0. The van der Waals surface area contributed by atoms with E-state index in [1.54, 1.807) is 48.5 Å². The van der Waals surface area contributed by atoms with Gasteiger partial charge in [-0.1, -0.05) is 67.0 Å². The van der Waals surface area contributed by atoms with E-state index in [4.69, 9.17) is 4.74 Å². The number of piperidine rings is 1. The molecule has 0 aromatic heterocycles. The minimum atomic E-state index is -1.14. The Balaban J connectivity index is 2.33. The summed E-state index contributed by atoms with van der Waals surface area (Å²) >= 11 is 0. The lowest BCUT2D eigenvalue weighted by molar-refractivity contribution is -0.156. The van der Waals surface area contributed by atoms with E-state index in [2.05, 4.69) is 34.4 Å². The molecule has 0 aromatic carbocycles. The fourth-order valence-corrected chi connectivity index (χ4v) is 6.02. The molecule has 0 aromatic rings. The Morgan fingerprint density at radius 2 is 1.63 bits per heavy atom. The summed E-state index contributed by atoms with van der Waals surface area (Å²) in [6.45, 7) is 25.9. The number of carbonyl (C=O) groups is 6. The van der Waals surface area contributed by atoms with Crippen LogP contribution in [0.4, 0.5) is 4.79 Å². The Hall–Kier alpha value is -3.70. The van der Waals surface area contributed by atoms with Gasteiger partial charge in [0.2, 0.25) is 17.6 Å². The van der Waals surface area contributed by atoms with Crippen molar-refractivity contribution in [1.29, 1.82) is 0 Å². The minimum Gasteiger partial charge on any atom is -0.458 e. The normalized spacial score (nSPS) is 21.9. The molecule has 6 atom stereocenters. The van der Waals surface area contributed by atoms with Crippen molar-refractivity contribution in [3.8, 4) is 0 Å². The monoisotopic (exact) mass is 645 g/mol. The number of nitrogens with one attached hydrogen (secondary N) is 4. The Bertz CT molecular complexity index is 1230. The van der Waals surface area contributed by atoms with E-state index in [1.165, 1.54) is 11.0 Å². The van der Waals surface area contributed by atoms with Crippen molar-refractivity contribution in [3.63, 3.8) is 0 Å². The van der Waals surface area contributed by atoms with E-state index in [9.17, 15) is 28.8 Å². The second-order valence-electron chi connectivity index (χ2n) is 15.2. The first-order chi connectivity index (χ1) is 21.1. The molecule has 0 bridgehead atoms. The molecule has 12 heteroatoms. The zero-order valence-corrected chi connectivity index (χ0v) is 29.3. The molecule has 2 aliphatic rings. The van der Waals surface area contributed by atoms with Gasteiger partial charge in [0.1, 0.15) is 23.7 Å². The van der Waals surface area contributed by atoms with Crippen molar-refractivity contribution in [2.45, 2.75) is 118 Å². The second kappa shape index (κ2) is 14.8. The van der Waals surface area contributed by atoms with Crippen LogP contribution in [0.3, 0.4) is 0 Å². The lowest BCUT2D eigenvalue weighted by Crippen LogP contribution is -2.62. The first-order valence-corrected chi connectivity index (χ1v) is 16.1. The van der Waals surface area contributed by atoms with E-state index in [0.29, 0.717) is 18.5 Å². The Morgan fingerprint density at radius 1 is 1.02 bits per heavy atom. The summed E-state index contributed by atoms with van der Waals surface area (Å²) in [4.78, 5) is 81.2. The van der Waals surface area contributed by atoms with Crippen LogP contribution in [-0.4, -0.2) is 83.3 Å². The summed E-state index contributed by atoms with van der Waals surface area (Å²) in [5.74, 6) is -3.35. The number of ketones is 1. The van der Waals surface area contributed by atoms with Crippen LogP contribution in [0.15, 0.2) is 24.8 Å². The van der Waals surface area contributed by atoms with Gasteiger partial charge in [0.05, 0.1) is 6.04 Å². The van der Waals surface area contributed by atoms with Crippen LogP contribution in [0.5, 0.6) is 0 Å². The fourth-order valence-electron chi connectivity index (χ4n) is 6.02. The number of rotatable bonds is 14. The number of likely N-dealkylation sites (tertiary alicyclic amines) is 1. The molecule has 46 heavy (non-hydrogen) atoms. The highest BCUT2D eigenvalue weighted by Crippen LogP contribution is 2.65. The standard InChI is InChI=1S/C34H55N5O7/c1-13-15-16-21(25(40)28(42)35-17-14-2)36-27(41)24-22-20(34(22,11)12)18-39(24)29(43)26(32(5,6)7)38-31(45)37-23(19(3)4)30(44)46-33(8,9)10/h14,20-24,26H,2-3,13,15-18H2,1,4-12H3,(H,35,42)(H,36,41)(H2,37,38,45)/t20-,21?,22-,23-,24-,26+/m0/s1. The van der Waals surface area contributed by atoms with Gasteiger partial charge in [-0.05, 0) is 62.4 Å². The molecule has 2 fully saturated rings. The molecule has 0 radical (unpaired) electrons. The number of esters is 1. The van der Waals surface area contributed by atoms with Gasteiger partial charge in [0.15, 0.2) is 0 Å². The van der Waals surface area contributed by atoms with Gasteiger partial charge in [0.25, 0.3) is 5.91 Å². The lowest BCUT2D eigenvalue weighted by atomic mass is 9.85. The van der Waals surface area contributed by atoms with Crippen molar-refractivity contribution >= 4 is 35.5 Å². The number of hydrogen-bond acceptors (Lipinski definition) is 7. The maximum Gasteiger partial charge on any atom is 0.333 e. The zero-order valence-electron chi connectivity index (χ0n) is 29.3. The predicted molar refractivity (Wildman–Crippen MR) is 175 cm³/mol. The van der Waals surface area contributed by atoms with Crippen LogP contribution in [0.25, 0.3) is 0 Å². The van der Waals surface area contributed by atoms with Crippen molar-refractivity contribution in [2.75, 3.05) is 13.1 Å². The third kappa shape index (κ3) is 9.42. The Kier molecular flexibility index (Phi) is 12.4. The predicted octanol–water partition coefficient (Wildman–Crippen LogP) is 3.02. The number of urea groups is 1. The first kappa shape index (κ1) is 38.5. The summed E-state index contributed by atoms with van der Waals surface area (Å²) < 4.78 is 5.43. The van der Waals surface area contributed by atoms with Crippen LogP contribution >= 0.6 is 0 Å².